The van der Waals surface area contributed by atoms with Gasteiger partial charge in [0, 0.05) is 11.8 Å². The van der Waals surface area contributed by atoms with Gasteiger partial charge in [-0.25, -0.2) is 9.18 Å². The Kier molecular flexibility index (Phi) is 6.03. The molecule has 1 amide bonds. The highest BCUT2D eigenvalue weighted by Gasteiger charge is 2.17. The molecular formula is C21H17FN2O5. The molecular weight excluding hydrogens is 379 g/mol. The summed E-state index contributed by atoms with van der Waals surface area (Å²) in [5.41, 5.74) is -0.319. The molecule has 0 saturated carbocycles. The number of aromatic nitrogens is 1. The lowest BCUT2D eigenvalue weighted by Crippen LogP contribution is -2.32. The number of methoxy groups -OCH3 is 1. The van der Waals surface area contributed by atoms with Crippen LogP contribution in [0.25, 0.3) is 0 Å². The Hall–Kier alpha value is -3.94. The molecule has 29 heavy (non-hydrogen) atoms. The third-order valence-corrected chi connectivity index (χ3v) is 4.06. The zero-order valence-corrected chi connectivity index (χ0v) is 15.4. The Balaban J connectivity index is 1.81. The number of nitrogens with zero attached hydrogens (tertiary/aromatic N) is 1. The van der Waals surface area contributed by atoms with Gasteiger partial charge in [0.1, 0.15) is 18.0 Å². The topological polar surface area (TPSA) is 86.6 Å². The van der Waals surface area contributed by atoms with Crippen molar-refractivity contribution in [2.75, 3.05) is 12.4 Å². The number of benzene rings is 2. The lowest BCUT2D eigenvalue weighted by molar-refractivity contribution is 0.0602. The summed E-state index contributed by atoms with van der Waals surface area (Å²) in [7, 11) is 1.23. The number of carbonyl (C=O) groups is 2. The summed E-state index contributed by atoms with van der Waals surface area (Å²) >= 11 is 0. The van der Waals surface area contributed by atoms with E-state index in [0.717, 1.165) is 4.73 Å². The molecule has 0 unspecified atom stereocenters. The third-order valence-electron chi connectivity index (χ3n) is 4.06. The molecule has 0 bridgehead atoms. The number of hydrogen-bond acceptors (Lipinski definition) is 5. The molecule has 0 atom stereocenters. The second-order valence-electron chi connectivity index (χ2n) is 5.91. The molecule has 1 heterocycles. The fourth-order valence-corrected chi connectivity index (χ4v) is 2.57. The number of ether oxygens (including phenoxy) is 1. The summed E-state index contributed by atoms with van der Waals surface area (Å²) in [6.07, 6.45) is 1.32. The van der Waals surface area contributed by atoms with E-state index in [4.69, 9.17) is 4.84 Å². The maximum atomic E-state index is 13.7. The average molecular weight is 396 g/mol. The van der Waals surface area contributed by atoms with Crippen molar-refractivity contribution in [3.63, 3.8) is 0 Å². The molecule has 7 nitrogen and oxygen atoms in total. The minimum Gasteiger partial charge on any atom is -0.465 e. The van der Waals surface area contributed by atoms with Crippen LogP contribution in [0.2, 0.25) is 0 Å². The summed E-state index contributed by atoms with van der Waals surface area (Å²) in [6.45, 7) is -0.192. The Labute approximate surface area is 165 Å². The number of esters is 1. The van der Waals surface area contributed by atoms with Crippen LogP contribution in [-0.2, 0) is 11.3 Å². The van der Waals surface area contributed by atoms with Crippen molar-refractivity contribution < 1.29 is 23.6 Å². The number of anilines is 1. The van der Waals surface area contributed by atoms with Gasteiger partial charge in [-0.3, -0.25) is 9.59 Å². The zero-order valence-electron chi connectivity index (χ0n) is 15.4. The number of carbonyl (C=O) groups excluding carboxylic acids is 2. The summed E-state index contributed by atoms with van der Waals surface area (Å²) in [5.74, 6) is -1.82. The molecule has 148 valence electrons. The maximum Gasteiger partial charge on any atom is 0.339 e. The fraction of sp³-hybridized carbons (Fsp3) is 0.0952. The number of amides is 1. The van der Waals surface area contributed by atoms with Gasteiger partial charge in [0.05, 0.1) is 18.4 Å². The van der Waals surface area contributed by atoms with Crippen LogP contribution in [0, 0.1) is 5.82 Å². The van der Waals surface area contributed by atoms with Crippen LogP contribution in [0.4, 0.5) is 10.1 Å². The Morgan fingerprint density at radius 3 is 2.45 bits per heavy atom. The first-order valence-electron chi connectivity index (χ1n) is 8.58. The molecule has 3 rings (SSSR count). The second-order valence-corrected chi connectivity index (χ2v) is 5.91. The molecule has 1 N–H and O–H groups in total. The minimum atomic E-state index is -0.727. The van der Waals surface area contributed by atoms with Crippen molar-refractivity contribution in [2.24, 2.45) is 0 Å². The quantitative estimate of drug-likeness (QED) is 0.648. The van der Waals surface area contributed by atoms with Gasteiger partial charge in [-0.2, -0.15) is 4.73 Å². The van der Waals surface area contributed by atoms with Crippen LogP contribution in [0.1, 0.15) is 26.3 Å². The van der Waals surface area contributed by atoms with Gasteiger partial charge in [0.2, 0.25) is 0 Å². The van der Waals surface area contributed by atoms with Gasteiger partial charge in [-0.05, 0) is 30.3 Å². The van der Waals surface area contributed by atoms with Gasteiger partial charge in [0.15, 0.2) is 0 Å². The standard InChI is InChI=1S/C21H17FN2O5/c1-28-21(27)15-8-3-5-11-18(15)23-19(25)16-9-6-12-24(20(16)26)29-13-14-7-2-4-10-17(14)22/h2-12H,13H2,1H3,(H,23,25). The van der Waals surface area contributed by atoms with E-state index in [-0.39, 0.29) is 29.0 Å². The van der Waals surface area contributed by atoms with E-state index >= 15 is 0 Å². The monoisotopic (exact) mass is 396 g/mol. The first kappa shape index (κ1) is 19.8. The zero-order chi connectivity index (χ0) is 20.8. The largest absolute Gasteiger partial charge is 0.465 e. The number of nitrogens with one attached hydrogen (secondary N) is 1. The van der Waals surface area contributed by atoms with Gasteiger partial charge in [-0.1, -0.05) is 30.3 Å². The Bertz CT molecular complexity index is 1110. The van der Waals surface area contributed by atoms with Crippen LogP contribution in [0.15, 0.2) is 71.7 Å². The van der Waals surface area contributed by atoms with Crippen LogP contribution < -0.4 is 15.7 Å². The van der Waals surface area contributed by atoms with Crippen molar-refractivity contribution in [1.29, 1.82) is 0 Å². The van der Waals surface area contributed by atoms with Crippen LogP contribution in [-0.4, -0.2) is 23.7 Å². The third kappa shape index (κ3) is 4.49. The van der Waals surface area contributed by atoms with Crippen molar-refractivity contribution in [2.45, 2.75) is 6.61 Å². The van der Waals surface area contributed by atoms with Crippen molar-refractivity contribution in [3.8, 4) is 0 Å². The van der Waals surface area contributed by atoms with E-state index in [0.29, 0.717) is 0 Å². The van der Waals surface area contributed by atoms with Crippen LogP contribution >= 0.6 is 0 Å². The number of halogens is 1. The highest BCUT2D eigenvalue weighted by molar-refractivity contribution is 6.07. The molecule has 2 aromatic carbocycles. The van der Waals surface area contributed by atoms with Crippen molar-refractivity contribution >= 4 is 17.6 Å². The van der Waals surface area contributed by atoms with Crippen LogP contribution in [0.5, 0.6) is 0 Å². The van der Waals surface area contributed by atoms with Gasteiger partial charge < -0.3 is 14.9 Å². The summed E-state index contributed by atoms with van der Waals surface area (Å²) in [5, 5.41) is 2.52. The predicted octanol–water partition coefficient (Wildman–Crippen LogP) is 2.66. The molecule has 0 aliphatic carbocycles. The molecule has 0 radical (unpaired) electrons. The normalized spacial score (nSPS) is 10.3. The summed E-state index contributed by atoms with van der Waals surface area (Å²) in [4.78, 5) is 42.3. The number of hydrogen-bond donors (Lipinski definition) is 1. The second kappa shape index (κ2) is 8.83. The number of para-hydroxylation sites is 1. The molecule has 1 aromatic heterocycles. The van der Waals surface area contributed by atoms with E-state index in [1.165, 1.54) is 49.7 Å². The van der Waals surface area contributed by atoms with Gasteiger partial charge in [-0.15, -0.1) is 0 Å². The number of rotatable bonds is 6. The first-order chi connectivity index (χ1) is 14.0. The number of pyridine rings is 1. The van der Waals surface area contributed by atoms with E-state index in [1.807, 2.05) is 0 Å². The van der Waals surface area contributed by atoms with Crippen molar-refractivity contribution in [3.05, 3.63) is 99.7 Å². The molecule has 8 heteroatoms. The van der Waals surface area contributed by atoms with Gasteiger partial charge in [0.25, 0.3) is 11.5 Å². The fourth-order valence-electron chi connectivity index (χ4n) is 2.57. The predicted molar refractivity (Wildman–Crippen MR) is 103 cm³/mol. The van der Waals surface area contributed by atoms with E-state index in [1.54, 1.807) is 24.3 Å². The molecule has 0 aliphatic rings. The summed E-state index contributed by atoms with van der Waals surface area (Å²) in [6, 6.07) is 15.0. The first-order valence-corrected chi connectivity index (χ1v) is 8.58. The van der Waals surface area contributed by atoms with E-state index < -0.39 is 23.3 Å². The molecule has 0 spiro atoms. The average Bonchev–Trinajstić information content (AvgIpc) is 2.73. The van der Waals surface area contributed by atoms with E-state index in [2.05, 4.69) is 10.1 Å². The highest BCUT2D eigenvalue weighted by Crippen LogP contribution is 2.16. The lowest BCUT2D eigenvalue weighted by Gasteiger charge is -2.12. The smallest absolute Gasteiger partial charge is 0.339 e. The molecule has 0 saturated heterocycles. The molecule has 3 aromatic rings. The maximum absolute atomic E-state index is 13.7. The molecule has 0 fully saturated rings. The minimum absolute atomic E-state index is 0.149. The summed E-state index contributed by atoms with van der Waals surface area (Å²) < 4.78 is 19.2. The Morgan fingerprint density at radius 1 is 1.00 bits per heavy atom. The SMILES string of the molecule is COC(=O)c1ccccc1NC(=O)c1cccn(OCc2ccccc2F)c1=O. The highest BCUT2D eigenvalue weighted by atomic mass is 19.1. The Morgan fingerprint density at radius 2 is 1.69 bits per heavy atom. The van der Waals surface area contributed by atoms with Gasteiger partial charge >= 0.3 is 5.97 Å². The van der Waals surface area contributed by atoms with Crippen LogP contribution in [0.3, 0.4) is 0 Å². The molecule has 0 aliphatic heterocycles. The van der Waals surface area contributed by atoms with Crippen molar-refractivity contribution in [1.82, 2.24) is 4.73 Å². The van der Waals surface area contributed by atoms with E-state index in [9.17, 15) is 18.8 Å². The lowest BCUT2D eigenvalue weighted by atomic mass is 10.1.